The number of carboxylic acid groups (broad SMARTS) is 1. The molecule has 0 saturated heterocycles. The molecule has 0 atom stereocenters. The Hall–Kier alpha value is -2.19. The molecule has 1 heterocycles. The summed E-state index contributed by atoms with van der Waals surface area (Å²) < 4.78 is 19.0. The number of ether oxygens (including phenoxy) is 1. The molecule has 0 unspecified atom stereocenters. The van der Waals surface area contributed by atoms with Gasteiger partial charge in [-0.15, -0.1) is 11.3 Å². The summed E-state index contributed by atoms with van der Waals surface area (Å²) in [6.45, 7) is 0.501. The van der Waals surface area contributed by atoms with Crippen molar-refractivity contribution < 1.29 is 23.8 Å². The van der Waals surface area contributed by atoms with E-state index in [9.17, 15) is 19.1 Å². The third-order valence-electron chi connectivity index (χ3n) is 2.78. The normalized spacial score (nSPS) is 10.7. The molecule has 0 aliphatic rings. The zero-order valence-corrected chi connectivity index (χ0v) is 11.7. The molecule has 8 heteroatoms. The monoisotopic (exact) mass is 312 g/mol. The molecule has 21 heavy (non-hydrogen) atoms. The molecule has 1 amide bonds. The molecule has 0 fully saturated rings. The molecule has 0 aliphatic carbocycles. The van der Waals surface area contributed by atoms with Crippen molar-refractivity contribution in [2.75, 3.05) is 13.2 Å². The molecule has 1 aromatic carbocycles. The van der Waals surface area contributed by atoms with Crippen molar-refractivity contribution in [1.82, 2.24) is 5.32 Å². The Bertz CT molecular complexity index is 686. The number of carbonyl (C=O) groups excluding carboxylic acids is 1. The number of rotatable bonds is 6. The lowest BCUT2D eigenvalue weighted by atomic mass is 10.1. The van der Waals surface area contributed by atoms with E-state index in [0.717, 1.165) is 11.3 Å². The lowest BCUT2D eigenvalue weighted by Gasteiger charge is -2.06. The highest BCUT2D eigenvalue weighted by Crippen LogP contribution is 2.33. The number of nitrogens with two attached hydrogens (primary N) is 1. The van der Waals surface area contributed by atoms with Crippen molar-refractivity contribution in [2.24, 2.45) is 5.73 Å². The van der Waals surface area contributed by atoms with E-state index in [0.29, 0.717) is 15.6 Å². The maximum atomic E-state index is 13.9. The Morgan fingerprint density at radius 1 is 1.43 bits per heavy atom. The molecule has 112 valence electrons. The molecule has 0 bridgehead atoms. The van der Waals surface area contributed by atoms with Crippen LogP contribution in [0.3, 0.4) is 0 Å². The number of thiophene rings is 1. The highest BCUT2D eigenvalue weighted by atomic mass is 32.1. The van der Waals surface area contributed by atoms with Gasteiger partial charge in [0.15, 0.2) is 0 Å². The summed E-state index contributed by atoms with van der Waals surface area (Å²) in [5, 5.41) is 12.4. The first-order chi connectivity index (χ1) is 10.0. The van der Waals surface area contributed by atoms with E-state index in [2.05, 4.69) is 10.1 Å². The van der Waals surface area contributed by atoms with Gasteiger partial charge >= 0.3 is 12.1 Å². The number of fused-ring (bicyclic) bond motifs is 1. The molecular formula is C13H13FN2O4S. The van der Waals surface area contributed by atoms with E-state index in [1.165, 1.54) is 12.1 Å². The van der Waals surface area contributed by atoms with Crippen LogP contribution in [0, 0.1) is 5.82 Å². The van der Waals surface area contributed by atoms with Gasteiger partial charge in [-0.05, 0) is 12.1 Å². The molecular weight excluding hydrogens is 299 g/mol. The Morgan fingerprint density at radius 2 is 2.19 bits per heavy atom. The average molecular weight is 312 g/mol. The summed E-state index contributed by atoms with van der Waals surface area (Å²) in [5.41, 5.74) is 5.20. The van der Waals surface area contributed by atoms with Crippen LogP contribution in [0.5, 0.6) is 0 Å². The molecule has 0 spiro atoms. The molecule has 0 aliphatic heterocycles. The molecule has 4 N–H and O–H groups in total. The third kappa shape index (κ3) is 3.47. The highest BCUT2D eigenvalue weighted by molar-refractivity contribution is 7.21. The van der Waals surface area contributed by atoms with Gasteiger partial charge < -0.3 is 20.9 Å². The molecule has 2 rings (SSSR count). The Morgan fingerprint density at radius 3 is 2.86 bits per heavy atom. The first-order valence-corrected chi connectivity index (χ1v) is 6.88. The van der Waals surface area contributed by atoms with Gasteiger partial charge in [-0.1, -0.05) is 6.07 Å². The summed E-state index contributed by atoms with van der Waals surface area (Å²) in [5.74, 6) is -1.55. The number of nitrogens with one attached hydrogen (secondary N) is 1. The third-order valence-corrected chi connectivity index (χ3v) is 3.97. The number of carboxylic acids is 1. The lowest BCUT2D eigenvalue weighted by molar-refractivity contribution is 0.0701. The second-order valence-corrected chi connectivity index (χ2v) is 5.22. The molecule has 0 radical (unpaired) electrons. The Balaban J connectivity index is 2.18. The second-order valence-electron chi connectivity index (χ2n) is 4.17. The summed E-state index contributed by atoms with van der Waals surface area (Å²) in [6.07, 6.45) is -0.880. The molecule has 0 saturated carbocycles. The largest absolute Gasteiger partial charge is 0.477 e. The fourth-order valence-electron chi connectivity index (χ4n) is 1.95. The Kier molecular flexibility index (Phi) is 4.71. The summed E-state index contributed by atoms with van der Waals surface area (Å²) in [7, 11) is 0. The molecule has 2 aromatic rings. The van der Waals surface area contributed by atoms with Gasteiger partial charge in [0, 0.05) is 28.7 Å². The standard InChI is InChI=1S/C13H13FN2O4S/c14-8-2-1-3-9-10(8)7(11(21-9)12(17)18)6-16-4-5-20-13(15)19/h1-3,16H,4-6H2,(H2,15,19)(H,17,18). The summed E-state index contributed by atoms with van der Waals surface area (Å²) in [6, 6.07) is 4.51. The summed E-state index contributed by atoms with van der Waals surface area (Å²) >= 11 is 1.03. The van der Waals surface area contributed by atoms with Crippen molar-refractivity contribution >= 4 is 33.5 Å². The Labute approximate surface area is 123 Å². The van der Waals surface area contributed by atoms with Gasteiger partial charge in [0.25, 0.3) is 0 Å². The van der Waals surface area contributed by atoms with Crippen LogP contribution in [0.4, 0.5) is 9.18 Å². The zero-order chi connectivity index (χ0) is 15.4. The van der Waals surface area contributed by atoms with E-state index in [1.54, 1.807) is 6.07 Å². The number of amides is 1. The van der Waals surface area contributed by atoms with Gasteiger partial charge in [-0.3, -0.25) is 0 Å². The van der Waals surface area contributed by atoms with Gasteiger partial charge in [-0.2, -0.15) is 0 Å². The van der Waals surface area contributed by atoms with Gasteiger partial charge in [0.1, 0.15) is 17.3 Å². The smallest absolute Gasteiger partial charge is 0.404 e. The van der Waals surface area contributed by atoms with Crippen LogP contribution in [-0.4, -0.2) is 30.3 Å². The van der Waals surface area contributed by atoms with Crippen LogP contribution in [-0.2, 0) is 11.3 Å². The fourth-order valence-corrected chi connectivity index (χ4v) is 3.02. The average Bonchev–Trinajstić information content (AvgIpc) is 2.78. The van der Waals surface area contributed by atoms with Gasteiger partial charge in [0.05, 0.1) is 0 Å². The number of benzene rings is 1. The predicted molar refractivity (Wildman–Crippen MR) is 76.0 cm³/mol. The number of halogens is 1. The quantitative estimate of drug-likeness (QED) is 0.707. The number of carbonyl (C=O) groups is 2. The van der Waals surface area contributed by atoms with Crippen molar-refractivity contribution in [2.45, 2.75) is 6.54 Å². The van der Waals surface area contributed by atoms with E-state index < -0.39 is 17.9 Å². The molecule has 6 nitrogen and oxygen atoms in total. The van der Waals surface area contributed by atoms with Crippen LogP contribution < -0.4 is 11.1 Å². The number of primary amides is 1. The van der Waals surface area contributed by atoms with Gasteiger partial charge in [-0.25, -0.2) is 14.0 Å². The topological polar surface area (TPSA) is 102 Å². The lowest BCUT2D eigenvalue weighted by Crippen LogP contribution is -2.23. The zero-order valence-electron chi connectivity index (χ0n) is 10.9. The van der Waals surface area contributed by atoms with E-state index >= 15 is 0 Å². The SMILES string of the molecule is NC(=O)OCCNCc1c(C(=O)O)sc2cccc(F)c12. The number of hydrogen-bond donors (Lipinski definition) is 3. The maximum absolute atomic E-state index is 13.9. The highest BCUT2D eigenvalue weighted by Gasteiger charge is 2.19. The van der Waals surface area contributed by atoms with Gasteiger partial charge in [0.2, 0.25) is 0 Å². The number of hydrogen-bond acceptors (Lipinski definition) is 5. The summed E-state index contributed by atoms with van der Waals surface area (Å²) in [4.78, 5) is 21.8. The number of aromatic carboxylic acids is 1. The minimum Gasteiger partial charge on any atom is -0.477 e. The van der Waals surface area contributed by atoms with Crippen LogP contribution in [0.15, 0.2) is 18.2 Å². The second kappa shape index (κ2) is 6.51. The van der Waals surface area contributed by atoms with Crippen LogP contribution in [0.2, 0.25) is 0 Å². The van der Waals surface area contributed by atoms with Crippen molar-refractivity contribution in [3.05, 3.63) is 34.5 Å². The van der Waals surface area contributed by atoms with Crippen LogP contribution in [0.25, 0.3) is 10.1 Å². The maximum Gasteiger partial charge on any atom is 0.404 e. The van der Waals surface area contributed by atoms with E-state index in [1.807, 2.05) is 0 Å². The first-order valence-electron chi connectivity index (χ1n) is 6.07. The van der Waals surface area contributed by atoms with Crippen molar-refractivity contribution in [1.29, 1.82) is 0 Å². The minimum atomic E-state index is -1.10. The van der Waals surface area contributed by atoms with Crippen LogP contribution in [0.1, 0.15) is 15.2 Å². The van der Waals surface area contributed by atoms with Crippen LogP contribution >= 0.6 is 11.3 Å². The first kappa shape index (κ1) is 15.2. The minimum absolute atomic E-state index is 0.0578. The fraction of sp³-hybridized carbons (Fsp3) is 0.231. The van der Waals surface area contributed by atoms with Crippen molar-refractivity contribution in [3.63, 3.8) is 0 Å². The van der Waals surface area contributed by atoms with E-state index in [4.69, 9.17) is 5.73 Å². The predicted octanol–water partition coefficient (Wildman–Crippen LogP) is 1.92. The molecule has 1 aromatic heterocycles. The van der Waals surface area contributed by atoms with E-state index in [-0.39, 0.29) is 24.6 Å². The van der Waals surface area contributed by atoms with Crippen molar-refractivity contribution in [3.8, 4) is 0 Å².